The maximum Gasteiger partial charge on any atom is 0.229 e. The molecule has 0 spiro atoms. The van der Waals surface area contributed by atoms with Crippen molar-refractivity contribution < 1.29 is 9.59 Å². The molecule has 2 aliphatic heterocycles. The van der Waals surface area contributed by atoms with Crippen LogP contribution in [0.2, 0.25) is 0 Å². The van der Waals surface area contributed by atoms with Gasteiger partial charge in [-0.15, -0.1) is 0 Å². The summed E-state index contributed by atoms with van der Waals surface area (Å²) in [5, 5.41) is 9.31. The van der Waals surface area contributed by atoms with Crippen LogP contribution < -0.4 is 16.4 Å². The third kappa shape index (κ3) is 4.16. The Hall–Kier alpha value is -2.55. The van der Waals surface area contributed by atoms with Gasteiger partial charge >= 0.3 is 0 Å². The SMILES string of the molecule is CCC1=CS/C(=C(/N)c2ccnc(NCCCN3C(=O)CCC3=O)n2)N1. The highest BCUT2D eigenvalue weighted by molar-refractivity contribution is 8.06. The Labute approximate surface area is 156 Å². The molecule has 0 bridgehead atoms. The number of amides is 2. The lowest BCUT2D eigenvalue weighted by Crippen LogP contribution is -2.31. The maximum absolute atomic E-state index is 11.6. The summed E-state index contributed by atoms with van der Waals surface area (Å²) < 4.78 is 0. The van der Waals surface area contributed by atoms with E-state index in [4.69, 9.17) is 5.73 Å². The molecule has 138 valence electrons. The molecule has 2 amide bonds. The Kier molecular flexibility index (Phi) is 5.77. The number of allylic oxidation sites excluding steroid dienone is 1. The summed E-state index contributed by atoms with van der Waals surface area (Å²) in [6, 6.07) is 1.77. The van der Waals surface area contributed by atoms with Crippen LogP contribution in [0.15, 0.2) is 28.4 Å². The zero-order valence-electron chi connectivity index (χ0n) is 14.6. The molecule has 0 aliphatic carbocycles. The zero-order valence-corrected chi connectivity index (χ0v) is 15.4. The molecule has 1 fully saturated rings. The normalized spacial score (nSPS) is 18.8. The highest BCUT2D eigenvalue weighted by Gasteiger charge is 2.27. The van der Waals surface area contributed by atoms with Crippen molar-refractivity contribution in [2.75, 3.05) is 18.4 Å². The Morgan fingerprint density at radius 2 is 2.15 bits per heavy atom. The number of likely N-dealkylation sites (tertiary alicyclic amines) is 1. The minimum atomic E-state index is -0.0886. The number of nitrogens with one attached hydrogen (secondary N) is 2. The van der Waals surface area contributed by atoms with E-state index in [2.05, 4.69) is 27.5 Å². The van der Waals surface area contributed by atoms with E-state index in [1.807, 2.05) is 5.41 Å². The molecule has 0 unspecified atom stereocenters. The average Bonchev–Trinajstić information content (AvgIpc) is 3.26. The van der Waals surface area contributed by atoms with Crippen LogP contribution in [0.5, 0.6) is 0 Å². The lowest BCUT2D eigenvalue weighted by molar-refractivity contribution is -0.138. The van der Waals surface area contributed by atoms with Gasteiger partial charge in [0.15, 0.2) is 0 Å². The number of rotatable bonds is 7. The molecule has 1 aromatic rings. The fourth-order valence-corrected chi connectivity index (χ4v) is 3.56. The molecule has 0 atom stereocenters. The Morgan fingerprint density at radius 1 is 1.38 bits per heavy atom. The zero-order chi connectivity index (χ0) is 18.5. The van der Waals surface area contributed by atoms with E-state index in [0.717, 1.165) is 17.1 Å². The van der Waals surface area contributed by atoms with Crippen molar-refractivity contribution >= 4 is 35.2 Å². The van der Waals surface area contributed by atoms with Crippen molar-refractivity contribution in [2.45, 2.75) is 32.6 Å². The van der Waals surface area contributed by atoms with E-state index in [9.17, 15) is 9.59 Å². The van der Waals surface area contributed by atoms with Gasteiger partial charge in [0.2, 0.25) is 17.8 Å². The van der Waals surface area contributed by atoms with Crippen molar-refractivity contribution in [3.8, 4) is 0 Å². The monoisotopic (exact) mass is 374 g/mol. The molecule has 1 saturated heterocycles. The van der Waals surface area contributed by atoms with Crippen molar-refractivity contribution in [1.29, 1.82) is 0 Å². The van der Waals surface area contributed by atoms with Gasteiger partial charge in [-0.2, -0.15) is 0 Å². The Balaban J connectivity index is 1.54. The van der Waals surface area contributed by atoms with Gasteiger partial charge in [-0.3, -0.25) is 14.5 Å². The minimum absolute atomic E-state index is 0.0886. The number of hydrogen-bond donors (Lipinski definition) is 3. The second-order valence-electron chi connectivity index (χ2n) is 5.97. The molecular weight excluding hydrogens is 352 g/mol. The van der Waals surface area contributed by atoms with E-state index in [-0.39, 0.29) is 11.8 Å². The molecule has 0 aromatic carbocycles. The number of nitrogens with two attached hydrogens (primary N) is 1. The Bertz CT molecular complexity index is 760. The van der Waals surface area contributed by atoms with Gasteiger partial charge in [0.1, 0.15) is 5.03 Å². The van der Waals surface area contributed by atoms with Crippen LogP contribution in [0.25, 0.3) is 5.70 Å². The third-order valence-electron chi connectivity index (χ3n) is 4.15. The molecule has 0 saturated carbocycles. The largest absolute Gasteiger partial charge is 0.395 e. The third-order valence-corrected chi connectivity index (χ3v) is 5.11. The molecule has 9 heteroatoms. The summed E-state index contributed by atoms with van der Waals surface area (Å²) in [7, 11) is 0. The lowest BCUT2D eigenvalue weighted by atomic mass is 10.3. The van der Waals surface area contributed by atoms with Crippen LogP contribution >= 0.6 is 11.8 Å². The number of nitrogens with zero attached hydrogens (tertiary/aromatic N) is 3. The second kappa shape index (κ2) is 8.22. The van der Waals surface area contributed by atoms with Gasteiger partial charge in [-0.25, -0.2) is 9.97 Å². The first kappa shape index (κ1) is 18.2. The first-order valence-electron chi connectivity index (χ1n) is 8.61. The van der Waals surface area contributed by atoms with Crippen LogP contribution in [-0.4, -0.2) is 39.8 Å². The fourth-order valence-electron chi connectivity index (χ4n) is 2.66. The fraction of sp³-hybridized carbons (Fsp3) is 0.412. The van der Waals surface area contributed by atoms with Gasteiger partial charge in [0, 0.05) is 37.8 Å². The predicted octanol–water partition coefficient (Wildman–Crippen LogP) is 1.60. The van der Waals surface area contributed by atoms with Crippen LogP contribution in [0.4, 0.5) is 5.95 Å². The van der Waals surface area contributed by atoms with Gasteiger partial charge < -0.3 is 16.4 Å². The number of aromatic nitrogens is 2. The quantitative estimate of drug-likeness (QED) is 0.487. The summed E-state index contributed by atoms with van der Waals surface area (Å²) in [4.78, 5) is 33.1. The summed E-state index contributed by atoms with van der Waals surface area (Å²) in [5.41, 5.74) is 8.57. The number of thioether (sulfide) groups is 1. The van der Waals surface area contributed by atoms with E-state index >= 15 is 0 Å². The number of anilines is 1. The highest BCUT2D eigenvalue weighted by Crippen LogP contribution is 2.29. The summed E-state index contributed by atoms with van der Waals surface area (Å²) in [6.45, 7) is 3.06. The van der Waals surface area contributed by atoms with Gasteiger partial charge in [0.05, 0.1) is 11.4 Å². The van der Waals surface area contributed by atoms with E-state index in [1.54, 1.807) is 24.0 Å². The molecule has 2 aliphatic rings. The van der Waals surface area contributed by atoms with Crippen LogP contribution in [-0.2, 0) is 9.59 Å². The molecular formula is C17H22N6O2S. The maximum atomic E-state index is 11.6. The number of carbonyl (C=O) groups excluding carboxylic acids is 2. The molecule has 8 nitrogen and oxygen atoms in total. The standard InChI is InChI=1S/C17H22N6O2S/c1-2-11-10-26-16(21-11)15(18)12-6-8-20-17(22-12)19-7-3-9-23-13(24)4-5-14(23)25/h6,8,10,21H,2-5,7,9,18H2,1H3,(H,19,20,22)/b16-15+. The van der Waals surface area contributed by atoms with Crippen molar-refractivity contribution in [2.24, 2.45) is 5.73 Å². The predicted molar refractivity (Wildman–Crippen MR) is 101 cm³/mol. The van der Waals surface area contributed by atoms with E-state index in [1.165, 1.54) is 4.90 Å². The topological polar surface area (TPSA) is 113 Å². The average molecular weight is 374 g/mol. The Morgan fingerprint density at radius 3 is 2.85 bits per heavy atom. The van der Waals surface area contributed by atoms with Crippen LogP contribution in [0.1, 0.15) is 38.3 Å². The molecule has 4 N–H and O–H groups in total. The van der Waals surface area contributed by atoms with Gasteiger partial charge in [-0.05, 0) is 24.3 Å². The smallest absolute Gasteiger partial charge is 0.229 e. The molecule has 1 aromatic heterocycles. The second-order valence-corrected chi connectivity index (χ2v) is 6.85. The van der Waals surface area contributed by atoms with Crippen molar-refractivity contribution in [1.82, 2.24) is 20.2 Å². The van der Waals surface area contributed by atoms with E-state index in [0.29, 0.717) is 49.7 Å². The summed E-state index contributed by atoms with van der Waals surface area (Å²) >= 11 is 1.55. The summed E-state index contributed by atoms with van der Waals surface area (Å²) in [6.07, 6.45) is 3.86. The highest BCUT2D eigenvalue weighted by atomic mass is 32.2. The molecule has 3 heterocycles. The number of hydrogen-bond acceptors (Lipinski definition) is 8. The molecule has 3 rings (SSSR count). The molecule has 26 heavy (non-hydrogen) atoms. The van der Waals surface area contributed by atoms with Crippen LogP contribution in [0.3, 0.4) is 0 Å². The van der Waals surface area contributed by atoms with Crippen LogP contribution in [0, 0.1) is 0 Å². The first-order valence-corrected chi connectivity index (χ1v) is 9.49. The summed E-state index contributed by atoms with van der Waals surface area (Å²) in [5.74, 6) is 0.292. The molecule has 0 radical (unpaired) electrons. The van der Waals surface area contributed by atoms with Gasteiger partial charge in [0.25, 0.3) is 0 Å². The number of carbonyl (C=O) groups is 2. The van der Waals surface area contributed by atoms with Crippen molar-refractivity contribution in [3.63, 3.8) is 0 Å². The minimum Gasteiger partial charge on any atom is -0.395 e. The van der Waals surface area contributed by atoms with E-state index < -0.39 is 0 Å². The first-order chi connectivity index (χ1) is 12.6. The van der Waals surface area contributed by atoms with Crippen molar-refractivity contribution in [3.05, 3.63) is 34.1 Å². The lowest BCUT2D eigenvalue weighted by Gasteiger charge is -2.13. The number of imide groups is 1. The van der Waals surface area contributed by atoms with Gasteiger partial charge in [-0.1, -0.05) is 18.7 Å².